The zero-order valence-corrected chi connectivity index (χ0v) is 15.9. The van der Waals surface area contributed by atoms with E-state index in [2.05, 4.69) is 20.6 Å². The van der Waals surface area contributed by atoms with Gasteiger partial charge in [0.15, 0.2) is 4.90 Å². The quantitative estimate of drug-likeness (QED) is 0.385. The van der Waals surface area contributed by atoms with E-state index in [1.54, 1.807) is 40.6 Å². The number of rotatable bonds is 6. The Hall–Kier alpha value is -2.94. The summed E-state index contributed by atoms with van der Waals surface area (Å²) >= 11 is -1.45. The van der Waals surface area contributed by atoms with Crippen LogP contribution >= 0.6 is 0 Å². The van der Waals surface area contributed by atoms with Crippen LogP contribution in [0.25, 0.3) is 10.9 Å². The summed E-state index contributed by atoms with van der Waals surface area (Å²) in [5.41, 5.74) is 2.76. The summed E-state index contributed by atoms with van der Waals surface area (Å²) in [4.78, 5) is 8.31. The Labute approximate surface area is 164 Å². The normalized spacial score (nSPS) is 12.2. The Morgan fingerprint density at radius 2 is 2.04 bits per heavy atom. The van der Waals surface area contributed by atoms with E-state index < -0.39 is 17.3 Å². The Morgan fingerprint density at radius 3 is 2.79 bits per heavy atom. The molecule has 4 aromatic rings. The van der Waals surface area contributed by atoms with Gasteiger partial charge in [0.05, 0.1) is 18.1 Å². The Bertz CT molecular complexity index is 1100. The molecule has 0 amide bonds. The highest BCUT2D eigenvalue weighted by Gasteiger charge is 2.20. The van der Waals surface area contributed by atoms with Gasteiger partial charge in [-0.3, -0.25) is 4.98 Å². The van der Waals surface area contributed by atoms with Gasteiger partial charge in [-0.15, -0.1) is 0 Å². The molecule has 0 fully saturated rings. The molecule has 0 saturated carbocycles. The van der Waals surface area contributed by atoms with Crippen molar-refractivity contribution in [3.63, 3.8) is 0 Å². The third kappa shape index (κ3) is 3.57. The lowest BCUT2D eigenvalue weighted by atomic mass is 10.1. The third-order valence-corrected chi connectivity index (χ3v) is 5.58. The summed E-state index contributed by atoms with van der Waals surface area (Å²) < 4.78 is 28.7. The van der Waals surface area contributed by atoms with Crippen LogP contribution in [0.3, 0.4) is 0 Å². The minimum Gasteiger partial charge on any atom is -0.587 e. The van der Waals surface area contributed by atoms with Gasteiger partial charge in [0.25, 0.3) is 0 Å². The Balaban J connectivity index is 1.79. The molecule has 0 spiro atoms. The van der Waals surface area contributed by atoms with Gasteiger partial charge in [-0.25, -0.2) is 4.98 Å². The van der Waals surface area contributed by atoms with Gasteiger partial charge in [-0.1, -0.05) is 6.07 Å². The molecule has 0 radical (unpaired) electrons. The van der Waals surface area contributed by atoms with Crippen molar-refractivity contribution in [2.75, 3.05) is 12.4 Å². The summed E-state index contributed by atoms with van der Waals surface area (Å²) in [5.74, 6) is -0.576. The highest BCUT2D eigenvalue weighted by atomic mass is 32.2. The molecule has 2 N–H and O–H groups in total. The van der Waals surface area contributed by atoms with Crippen LogP contribution in [0.15, 0.2) is 72.1 Å². The summed E-state index contributed by atoms with van der Waals surface area (Å²) in [7, 11) is 1.86. The first-order valence-corrected chi connectivity index (χ1v) is 9.76. The maximum Gasteiger partial charge on any atom is 0.236 e. The van der Waals surface area contributed by atoms with Gasteiger partial charge in [0, 0.05) is 30.0 Å². The lowest BCUT2D eigenvalue weighted by molar-refractivity contribution is 0.587. The van der Waals surface area contributed by atoms with Crippen molar-refractivity contribution >= 4 is 33.6 Å². The molecule has 0 saturated heterocycles. The van der Waals surface area contributed by atoms with Gasteiger partial charge in [0.1, 0.15) is 16.9 Å². The summed E-state index contributed by atoms with van der Waals surface area (Å²) in [6.45, 7) is 0.637. The number of benzene rings is 1. The van der Waals surface area contributed by atoms with E-state index in [4.69, 9.17) is 0 Å². The van der Waals surface area contributed by atoms with Gasteiger partial charge in [-0.05, 0) is 49.0 Å². The largest absolute Gasteiger partial charge is 0.587 e. The summed E-state index contributed by atoms with van der Waals surface area (Å²) in [6, 6.07) is 12.5. The SMILES string of the molecule is CNCc1cn([S+]([O-])c2cccnc2)c2cc(Nc3cccnc3F)ccc12. The number of aromatic nitrogens is 3. The number of nitrogens with one attached hydrogen (secondary N) is 2. The predicted molar refractivity (Wildman–Crippen MR) is 108 cm³/mol. The molecule has 28 heavy (non-hydrogen) atoms. The fourth-order valence-corrected chi connectivity index (χ4v) is 4.14. The number of fused-ring (bicyclic) bond motifs is 1. The van der Waals surface area contributed by atoms with Crippen molar-refractivity contribution in [2.45, 2.75) is 11.4 Å². The monoisotopic (exact) mass is 395 g/mol. The molecule has 1 atom stereocenters. The van der Waals surface area contributed by atoms with Crippen molar-refractivity contribution in [2.24, 2.45) is 0 Å². The number of pyridine rings is 2. The fraction of sp³-hybridized carbons (Fsp3) is 0.100. The lowest BCUT2D eigenvalue weighted by Crippen LogP contribution is -2.12. The number of hydrogen-bond donors (Lipinski definition) is 2. The van der Waals surface area contributed by atoms with Crippen LogP contribution in [-0.2, 0) is 17.9 Å². The molecule has 3 aromatic heterocycles. The van der Waals surface area contributed by atoms with Gasteiger partial charge < -0.3 is 15.2 Å². The van der Waals surface area contributed by atoms with Crippen molar-refractivity contribution in [1.29, 1.82) is 0 Å². The van der Waals surface area contributed by atoms with E-state index in [0.717, 1.165) is 16.5 Å². The van der Waals surface area contributed by atoms with Crippen LogP contribution in [-0.4, -0.2) is 25.5 Å². The molecule has 8 heteroatoms. The lowest BCUT2D eigenvalue weighted by Gasteiger charge is -2.12. The zero-order chi connectivity index (χ0) is 19.5. The van der Waals surface area contributed by atoms with Crippen LogP contribution in [0, 0.1) is 5.95 Å². The molecule has 0 aliphatic carbocycles. The average Bonchev–Trinajstić information content (AvgIpc) is 3.08. The molecule has 6 nitrogen and oxygen atoms in total. The standard InChI is InChI=1S/C20H18FN5OS/c1-22-11-14-13-26(28(27)16-4-2-8-23-12-16)19-10-15(6-7-17(14)19)25-18-5-3-9-24-20(18)21/h2-10,12-13,22,25H,11H2,1H3. The Kier molecular flexibility index (Phi) is 5.25. The van der Waals surface area contributed by atoms with Crippen LogP contribution < -0.4 is 10.6 Å². The first kappa shape index (κ1) is 18.4. The molecular weight excluding hydrogens is 377 g/mol. The fourth-order valence-electron chi connectivity index (χ4n) is 3.01. The maximum absolute atomic E-state index is 13.9. The number of anilines is 2. The van der Waals surface area contributed by atoms with Crippen LogP contribution in [0.2, 0.25) is 0 Å². The average molecular weight is 395 g/mol. The molecule has 1 unspecified atom stereocenters. The molecule has 0 bridgehead atoms. The van der Waals surface area contributed by atoms with Gasteiger partial charge in [0.2, 0.25) is 5.95 Å². The second-order valence-corrected chi connectivity index (χ2v) is 7.51. The van der Waals surface area contributed by atoms with Gasteiger partial charge >= 0.3 is 0 Å². The van der Waals surface area contributed by atoms with Crippen molar-refractivity contribution in [1.82, 2.24) is 19.3 Å². The second kappa shape index (κ2) is 7.97. The molecule has 0 aliphatic rings. The van der Waals surface area contributed by atoms with Crippen LogP contribution in [0.4, 0.5) is 15.8 Å². The van der Waals surface area contributed by atoms with Crippen molar-refractivity contribution in [3.05, 3.63) is 78.8 Å². The molecular formula is C20H18FN5OS. The maximum atomic E-state index is 13.9. The first-order chi connectivity index (χ1) is 13.7. The van der Waals surface area contributed by atoms with Crippen LogP contribution in [0.1, 0.15) is 5.56 Å². The minimum absolute atomic E-state index is 0.281. The molecule has 1 aromatic carbocycles. The number of halogens is 1. The van der Waals surface area contributed by atoms with E-state index in [-0.39, 0.29) is 5.69 Å². The van der Waals surface area contributed by atoms with Gasteiger partial charge in [-0.2, -0.15) is 8.36 Å². The summed E-state index contributed by atoms with van der Waals surface area (Å²) in [6.07, 6.45) is 6.51. The second-order valence-electron chi connectivity index (χ2n) is 6.15. The highest BCUT2D eigenvalue weighted by molar-refractivity contribution is 7.90. The molecule has 4 rings (SSSR count). The van der Waals surface area contributed by atoms with Crippen molar-refractivity contribution in [3.8, 4) is 0 Å². The molecule has 3 heterocycles. The molecule has 0 aliphatic heterocycles. The van der Waals surface area contributed by atoms with E-state index >= 15 is 0 Å². The first-order valence-electron chi connectivity index (χ1n) is 8.66. The zero-order valence-electron chi connectivity index (χ0n) is 15.1. The summed E-state index contributed by atoms with van der Waals surface area (Å²) in [5, 5.41) is 7.14. The Morgan fingerprint density at radius 1 is 1.18 bits per heavy atom. The van der Waals surface area contributed by atoms with Crippen molar-refractivity contribution < 1.29 is 8.94 Å². The minimum atomic E-state index is -1.45. The molecule has 142 valence electrons. The third-order valence-electron chi connectivity index (χ3n) is 4.27. The predicted octanol–water partition coefficient (Wildman–Crippen LogP) is 3.60. The smallest absolute Gasteiger partial charge is 0.236 e. The number of nitrogens with zero attached hydrogens (tertiary/aromatic N) is 3. The van der Waals surface area contributed by atoms with E-state index in [0.29, 0.717) is 17.1 Å². The van der Waals surface area contributed by atoms with E-state index in [9.17, 15) is 8.94 Å². The van der Waals surface area contributed by atoms with E-state index in [1.165, 1.54) is 6.20 Å². The van der Waals surface area contributed by atoms with Crippen LogP contribution in [0.5, 0.6) is 0 Å². The van der Waals surface area contributed by atoms with E-state index in [1.807, 2.05) is 31.4 Å². The number of hydrogen-bond acceptors (Lipinski definition) is 5. The highest BCUT2D eigenvalue weighted by Crippen LogP contribution is 2.29. The topological polar surface area (TPSA) is 77.8 Å².